The van der Waals surface area contributed by atoms with Gasteiger partial charge in [0.15, 0.2) is 0 Å². The fourth-order valence-corrected chi connectivity index (χ4v) is 4.05. The van der Waals surface area contributed by atoms with Crippen LogP contribution >= 0.6 is 0 Å². The lowest BCUT2D eigenvalue weighted by molar-refractivity contribution is 0.0819. The van der Waals surface area contributed by atoms with Crippen molar-refractivity contribution in [3.05, 3.63) is 65.0 Å². The second kappa shape index (κ2) is 11.1. The number of ether oxygens (including phenoxy) is 1. The zero-order chi connectivity index (χ0) is 21.3. The number of piperazine rings is 1. The molecule has 1 aliphatic heterocycles. The van der Waals surface area contributed by atoms with E-state index in [2.05, 4.69) is 41.0 Å². The number of nitrogens with zero attached hydrogens (tertiary/aromatic N) is 3. The Morgan fingerprint density at radius 1 is 1.10 bits per heavy atom. The topological polar surface area (TPSA) is 39.5 Å². The van der Waals surface area contributed by atoms with Gasteiger partial charge in [-0.2, -0.15) is 5.26 Å². The molecule has 0 amide bonds. The number of nitriles is 1. The van der Waals surface area contributed by atoms with Gasteiger partial charge in [0.25, 0.3) is 0 Å². The maximum Gasteiger partial charge on any atom is 0.123 e. The molecule has 30 heavy (non-hydrogen) atoms. The highest BCUT2D eigenvalue weighted by atomic mass is 19.1. The van der Waals surface area contributed by atoms with Gasteiger partial charge in [-0.15, -0.1) is 0 Å². The maximum atomic E-state index is 13.0. The van der Waals surface area contributed by atoms with E-state index in [1.54, 1.807) is 12.1 Å². The molecule has 3 rings (SSSR count). The van der Waals surface area contributed by atoms with Crippen LogP contribution in [0.2, 0.25) is 0 Å². The SMILES string of the molecule is CCCCC(c1ccc(C)c(C#N)c1)N1CCN(CCOc2ccc(F)cc2)CC1. The van der Waals surface area contributed by atoms with Crippen LogP contribution in [0.3, 0.4) is 0 Å². The third-order valence-corrected chi connectivity index (χ3v) is 5.94. The molecular formula is C25H32FN3O. The Morgan fingerprint density at radius 2 is 1.83 bits per heavy atom. The molecule has 0 spiro atoms. The number of halogens is 1. The molecule has 1 atom stereocenters. The van der Waals surface area contributed by atoms with E-state index < -0.39 is 0 Å². The third kappa shape index (κ3) is 6.04. The number of benzene rings is 2. The van der Waals surface area contributed by atoms with Crippen LogP contribution in [-0.4, -0.2) is 49.1 Å². The molecular weight excluding hydrogens is 377 g/mol. The number of aryl methyl sites for hydroxylation is 1. The summed E-state index contributed by atoms with van der Waals surface area (Å²) in [7, 11) is 0. The molecule has 0 radical (unpaired) electrons. The average Bonchev–Trinajstić information content (AvgIpc) is 2.77. The summed E-state index contributed by atoms with van der Waals surface area (Å²) < 4.78 is 18.7. The standard InChI is InChI=1S/C25H32FN3O/c1-3-4-5-25(21-7-6-20(2)22(18-21)19-27)29-14-12-28(13-15-29)16-17-30-24-10-8-23(26)9-11-24/h6-11,18,25H,3-5,12-17H2,1-2H3. The second-order valence-electron chi connectivity index (χ2n) is 8.02. The van der Waals surface area contributed by atoms with Gasteiger partial charge in [0.2, 0.25) is 0 Å². The molecule has 5 heteroatoms. The molecule has 4 nitrogen and oxygen atoms in total. The van der Waals surface area contributed by atoms with Crippen molar-refractivity contribution in [3.8, 4) is 11.8 Å². The number of unbranched alkanes of at least 4 members (excludes halogenated alkanes) is 1. The zero-order valence-corrected chi connectivity index (χ0v) is 18.1. The van der Waals surface area contributed by atoms with E-state index in [1.807, 2.05) is 6.92 Å². The summed E-state index contributed by atoms with van der Waals surface area (Å²) in [6, 6.07) is 15.2. The van der Waals surface area contributed by atoms with Crippen LogP contribution in [0.4, 0.5) is 4.39 Å². The molecule has 2 aromatic rings. The number of hydrogen-bond donors (Lipinski definition) is 0. The first-order valence-electron chi connectivity index (χ1n) is 11.0. The third-order valence-electron chi connectivity index (χ3n) is 5.94. The highest BCUT2D eigenvalue weighted by Gasteiger charge is 2.25. The van der Waals surface area contributed by atoms with Crippen molar-refractivity contribution in [1.82, 2.24) is 9.80 Å². The van der Waals surface area contributed by atoms with Crippen LogP contribution in [0.5, 0.6) is 5.75 Å². The van der Waals surface area contributed by atoms with E-state index in [0.29, 0.717) is 18.4 Å². The van der Waals surface area contributed by atoms with Gasteiger partial charge >= 0.3 is 0 Å². The molecule has 1 unspecified atom stereocenters. The molecule has 0 aliphatic carbocycles. The van der Waals surface area contributed by atoms with E-state index >= 15 is 0 Å². The highest BCUT2D eigenvalue weighted by molar-refractivity contribution is 5.40. The van der Waals surface area contributed by atoms with E-state index in [9.17, 15) is 9.65 Å². The molecule has 1 heterocycles. The normalized spacial score (nSPS) is 16.2. The van der Waals surface area contributed by atoms with Crippen molar-refractivity contribution < 1.29 is 9.13 Å². The minimum absolute atomic E-state index is 0.244. The molecule has 0 saturated carbocycles. The first-order chi connectivity index (χ1) is 14.6. The van der Waals surface area contributed by atoms with Crippen LogP contribution in [0.25, 0.3) is 0 Å². The Hall–Kier alpha value is -2.42. The Balaban J connectivity index is 1.54. The van der Waals surface area contributed by atoms with Crippen molar-refractivity contribution in [1.29, 1.82) is 5.26 Å². The first kappa shape index (κ1) is 22.3. The summed E-state index contributed by atoms with van der Waals surface area (Å²) in [5, 5.41) is 9.42. The van der Waals surface area contributed by atoms with E-state index in [4.69, 9.17) is 4.74 Å². The van der Waals surface area contributed by atoms with E-state index in [0.717, 1.165) is 50.3 Å². The van der Waals surface area contributed by atoms with E-state index in [-0.39, 0.29) is 5.82 Å². The molecule has 0 bridgehead atoms. The van der Waals surface area contributed by atoms with Crippen LogP contribution in [-0.2, 0) is 0 Å². The van der Waals surface area contributed by atoms with Crippen molar-refractivity contribution in [2.75, 3.05) is 39.3 Å². The summed E-state index contributed by atoms with van der Waals surface area (Å²) in [4.78, 5) is 4.99. The lowest BCUT2D eigenvalue weighted by Gasteiger charge is -2.39. The Morgan fingerprint density at radius 3 is 2.50 bits per heavy atom. The quantitative estimate of drug-likeness (QED) is 0.588. The second-order valence-corrected chi connectivity index (χ2v) is 8.02. The lowest BCUT2D eigenvalue weighted by Crippen LogP contribution is -2.48. The number of hydrogen-bond acceptors (Lipinski definition) is 4. The van der Waals surface area contributed by atoms with Crippen molar-refractivity contribution >= 4 is 0 Å². The lowest BCUT2D eigenvalue weighted by atomic mass is 9.95. The smallest absolute Gasteiger partial charge is 0.123 e. The summed E-state index contributed by atoms with van der Waals surface area (Å²) in [6.07, 6.45) is 3.48. The zero-order valence-electron chi connectivity index (χ0n) is 18.1. The minimum Gasteiger partial charge on any atom is -0.492 e. The van der Waals surface area contributed by atoms with Gasteiger partial charge in [-0.05, 0) is 54.8 Å². The van der Waals surface area contributed by atoms with Gasteiger partial charge in [0.1, 0.15) is 18.2 Å². The van der Waals surface area contributed by atoms with Crippen LogP contribution < -0.4 is 4.74 Å². The van der Waals surface area contributed by atoms with Crippen molar-refractivity contribution in [3.63, 3.8) is 0 Å². The minimum atomic E-state index is -0.244. The molecule has 1 fully saturated rings. The Labute approximate surface area is 179 Å². The fourth-order valence-electron chi connectivity index (χ4n) is 4.05. The predicted octanol–water partition coefficient (Wildman–Crippen LogP) is 4.93. The van der Waals surface area contributed by atoms with Gasteiger partial charge < -0.3 is 4.74 Å². The largest absolute Gasteiger partial charge is 0.492 e. The van der Waals surface area contributed by atoms with Crippen LogP contribution in [0, 0.1) is 24.1 Å². The van der Waals surface area contributed by atoms with Crippen LogP contribution in [0.15, 0.2) is 42.5 Å². The predicted molar refractivity (Wildman–Crippen MR) is 118 cm³/mol. The van der Waals surface area contributed by atoms with Gasteiger partial charge in [-0.25, -0.2) is 4.39 Å². The first-order valence-corrected chi connectivity index (χ1v) is 11.0. The van der Waals surface area contributed by atoms with Gasteiger partial charge in [-0.1, -0.05) is 31.9 Å². The Bertz CT molecular complexity index is 838. The van der Waals surface area contributed by atoms with Gasteiger partial charge in [0.05, 0.1) is 11.6 Å². The fraction of sp³-hybridized carbons (Fsp3) is 0.480. The summed E-state index contributed by atoms with van der Waals surface area (Å²) in [6.45, 7) is 9.74. The maximum absolute atomic E-state index is 13.0. The summed E-state index contributed by atoms with van der Waals surface area (Å²) in [5.74, 6) is 0.467. The van der Waals surface area contributed by atoms with Crippen LogP contribution in [0.1, 0.15) is 48.9 Å². The Kier molecular flexibility index (Phi) is 8.24. The molecule has 160 valence electrons. The summed E-state index contributed by atoms with van der Waals surface area (Å²) >= 11 is 0. The molecule has 0 aromatic heterocycles. The molecule has 2 aromatic carbocycles. The van der Waals surface area contributed by atoms with Gasteiger partial charge in [0, 0.05) is 38.8 Å². The molecule has 0 N–H and O–H groups in total. The van der Waals surface area contributed by atoms with Crippen molar-refractivity contribution in [2.24, 2.45) is 0 Å². The average molecular weight is 410 g/mol. The monoisotopic (exact) mass is 409 g/mol. The molecule has 1 aliphatic rings. The number of rotatable bonds is 9. The van der Waals surface area contributed by atoms with E-state index in [1.165, 1.54) is 30.5 Å². The highest BCUT2D eigenvalue weighted by Crippen LogP contribution is 2.29. The molecule has 1 saturated heterocycles. The van der Waals surface area contributed by atoms with Gasteiger partial charge in [-0.3, -0.25) is 9.80 Å². The van der Waals surface area contributed by atoms with Crippen molar-refractivity contribution in [2.45, 2.75) is 39.2 Å². The summed E-state index contributed by atoms with van der Waals surface area (Å²) in [5.41, 5.74) is 3.09.